The molecule has 34 heavy (non-hydrogen) atoms. The van der Waals surface area contributed by atoms with Crippen molar-refractivity contribution in [2.24, 2.45) is 5.10 Å². The third-order valence-corrected chi connectivity index (χ3v) is 4.97. The molecule has 0 saturated heterocycles. The number of nitrogens with one attached hydrogen (secondary N) is 3. The van der Waals surface area contributed by atoms with Crippen LogP contribution in [0.25, 0.3) is 10.8 Å². The molecule has 0 aliphatic heterocycles. The Morgan fingerprint density at radius 2 is 1.44 bits per heavy atom. The number of aromatic hydroxyl groups is 1. The first-order valence-corrected chi connectivity index (χ1v) is 10.3. The molecule has 8 nitrogen and oxygen atoms in total. The van der Waals surface area contributed by atoms with Crippen LogP contribution in [-0.2, 0) is 9.59 Å². The highest BCUT2D eigenvalue weighted by Gasteiger charge is 2.18. The Balaban J connectivity index is 1.44. The van der Waals surface area contributed by atoms with Gasteiger partial charge >= 0.3 is 11.8 Å². The summed E-state index contributed by atoms with van der Waals surface area (Å²) in [5.41, 5.74) is 3.50. The highest BCUT2D eigenvalue weighted by molar-refractivity contribution is 6.40. The number of hydrogen-bond donors (Lipinski definition) is 4. The van der Waals surface area contributed by atoms with Crippen molar-refractivity contribution < 1.29 is 19.5 Å². The van der Waals surface area contributed by atoms with Crippen LogP contribution in [0.1, 0.15) is 15.9 Å². The molecule has 3 amide bonds. The lowest BCUT2D eigenvalue weighted by Crippen LogP contribution is -2.33. The van der Waals surface area contributed by atoms with Crippen LogP contribution in [0.5, 0.6) is 5.75 Å². The number of amides is 3. The summed E-state index contributed by atoms with van der Waals surface area (Å²) in [6, 6.07) is 25.9. The number of benzene rings is 4. The van der Waals surface area contributed by atoms with Crippen molar-refractivity contribution in [3.8, 4) is 5.75 Å². The zero-order chi connectivity index (χ0) is 23.9. The number of rotatable bonds is 5. The minimum Gasteiger partial charge on any atom is -0.507 e. The van der Waals surface area contributed by atoms with Crippen LogP contribution in [0.4, 0.5) is 11.4 Å². The molecule has 8 heteroatoms. The number of carbonyl (C=O) groups excluding carboxylic acids is 3. The maximum absolute atomic E-state index is 12.6. The molecule has 0 fully saturated rings. The number of anilines is 2. The van der Waals surface area contributed by atoms with Gasteiger partial charge < -0.3 is 15.7 Å². The standard InChI is InChI=1S/C26H20N4O4/c31-23-15-14-17-8-4-5-11-19(17)21(23)16-27-30-26(34)25(33)29-22-13-7-6-12-20(22)24(32)28-18-9-2-1-3-10-18/h1-16,31H,(H,28,32)(H,29,33)(H,30,34)/b27-16-. The molecule has 0 unspecified atom stereocenters. The Hall–Kier alpha value is -4.98. The van der Waals surface area contributed by atoms with Crippen molar-refractivity contribution >= 4 is 46.1 Å². The fourth-order valence-corrected chi connectivity index (χ4v) is 3.32. The molecule has 0 atom stereocenters. The van der Waals surface area contributed by atoms with Gasteiger partial charge in [-0.1, -0.05) is 60.7 Å². The molecular weight excluding hydrogens is 432 g/mol. The average molecular weight is 452 g/mol. The van der Waals surface area contributed by atoms with Gasteiger partial charge in [0.15, 0.2) is 0 Å². The Kier molecular flexibility index (Phi) is 6.60. The third-order valence-electron chi connectivity index (χ3n) is 4.97. The smallest absolute Gasteiger partial charge is 0.329 e. The van der Waals surface area contributed by atoms with E-state index in [1.54, 1.807) is 42.5 Å². The molecule has 4 rings (SSSR count). The molecule has 0 aliphatic carbocycles. The maximum atomic E-state index is 12.6. The van der Waals surface area contributed by atoms with Crippen LogP contribution in [0.2, 0.25) is 0 Å². The second-order valence-electron chi connectivity index (χ2n) is 7.24. The van der Waals surface area contributed by atoms with E-state index in [4.69, 9.17) is 0 Å². The first kappa shape index (κ1) is 22.2. The molecule has 0 radical (unpaired) electrons. The average Bonchev–Trinajstić information content (AvgIpc) is 2.86. The van der Waals surface area contributed by atoms with Gasteiger partial charge in [-0.2, -0.15) is 5.10 Å². The van der Waals surface area contributed by atoms with Gasteiger partial charge in [0.05, 0.1) is 17.5 Å². The van der Waals surface area contributed by atoms with Gasteiger partial charge in [0.2, 0.25) is 0 Å². The Bertz CT molecular complexity index is 1400. The van der Waals surface area contributed by atoms with Crippen molar-refractivity contribution in [2.45, 2.75) is 0 Å². The molecular formula is C26H20N4O4. The molecule has 0 saturated carbocycles. The molecule has 0 heterocycles. The van der Waals surface area contributed by atoms with E-state index in [-0.39, 0.29) is 17.0 Å². The molecule has 0 aromatic heterocycles. The van der Waals surface area contributed by atoms with Crippen LogP contribution >= 0.6 is 0 Å². The molecule has 0 aliphatic rings. The number of phenols is 1. The highest BCUT2D eigenvalue weighted by Crippen LogP contribution is 2.25. The topological polar surface area (TPSA) is 120 Å². The van der Waals surface area contributed by atoms with Crippen LogP contribution in [0.3, 0.4) is 0 Å². The van der Waals surface area contributed by atoms with E-state index in [1.807, 2.05) is 30.3 Å². The summed E-state index contributed by atoms with van der Waals surface area (Å²) in [7, 11) is 0. The van der Waals surface area contributed by atoms with Crippen LogP contribution in [-0.4, -0.2) is 29.0 Å². The quantitative estimate of drug-likeness (QED) is 0.209. The molecule has 0 bridgehead atoms. The fourth-order valence-electron chi connectivity index (χ4n) is 3.32. The predicted molar refractivity (Wildman–Crippen MR) is 131 cm³/mol. The van der Waals surface area contributed by atoms with Gasteiger partial charge in [-0.25, -0.2) is 5.43 Å². The number of nitrogens with zero attached hydrogens (tertiary/aromatic N) is 1. The predicted octanol–water partition coefficient (Wildman–Crippen LogP) is 3.89. The number of hydrogen-bond acceptors (Lipinski definition) is 5. The van der Waals surface area contributed by atoms with Gasteiger partial charge in [-0.3, -0.25) is 14.4 Å². The number of phenolic OH excluding ortho intramolecular Hbond substituents is 1. The van der Waals surface area contributed by atoms with Crippen molar-refractivity contribution in [1.29, 1.82) is 0 Å². The monoisotopic (exact) mass is 452 g/mol. The van der Waals surface area contributed by atoms with E-state index in [0.29, 0.717) is 11.3 Å². The van der Waals surface area contributed by atoms with E-state index >= 15 is 0 Å². The summed E-state index contributed by atoms with van der Waals surface area (Å²) in [5.74, 6) is -2.49. The van der Waals surface area contributed by atoms with E-state index < -0.39 is 17.7 Å². The first-order chi connectivity index (χ1) is 16.5. The summed E-state index contributed by atoms with van der Waals surface area (Å²) in [5, 5.41) is 20.7. The Labute approximate surface area is 194 Å². The third kappa shape index (κ3) is 5.08. The zero-order valence-electron chi connectivity index (χ0n) is 17.9. The van der Waals surface area contributed by atoms with Gasteiger partial charge in [0.1, 0.15) is 5.75 Å². The number of para-hydroxylation sites is 2. The van der Waals surface area contributed by atoms with Crippen molar-refractivity contribution in [3.05, 3.63) is 102 Å². The molecule has 0 spiro atoms. The molecule has 4 aromatic rings. The maximum Gasteiger partial charge on any atom is 0.329 e. The molecule has 4 N–H and O–H groups in total. The Morgan fingerprint density at radius 3 is 2.26 bits per heavy atom. The number of hydrazone groups is 1. The fraction of sp³-hybridized carbons (Fsp3) is 0. The summed E-state index contributed by atoms with van der Waals surface area (Å²) in [6.45, 7) is 0. The second-order valence-corrected chi connectivity index (χ2v) is 7.24. The Morgan fingerprint density at radius 1 is 0.735 bits per heavy atom. The second kappa shape index (κ2) is 10.1. The largest absolute Gasteiger partial charge is 0.507 e. The van der Waals surface area contributed by atoms with Crippen molar-refractivity contribution in [3.63, 3.8) is 0 Å². The minimum atomic E-state index is -1.03. The van der Waals surface area contributed by atoms with E-state index in [9.17, 15) is 19.5 Å². The lowest BCUT2D eigenvalue weighted by molar-refractivity contribution is -0.136. The van der Waals surface area contributed by atoms with Crippen molar-refractivity contribution in [1.82, 2.24) is 5.43 Å². The lowest BCUT2D eigenvalue weighted by atomic mass is 10.0. The van der Waals surface area contributed by atoms with Gasteiger partial charge in [0, 0.05) is 11.3 Å². The van der Waals surface area contributed by atoms with Crippen LogP contribution in [0.15, 0.2) is 96.1 Å². The van der Waals surface area contributed by atoms with Gasteiger partial charge in [0.25, 0.3) is 5.91 Å². The molecule has 4 aromatic carbocycles. The van der Waals surface area contributed by atoms with Crippen LogP contribution in [0, 0.1) is 0 Å². The molecule has 168 valence electrons. The summed E-state index contributed by atoms with van der Waals surface area (Å²) < 4.78 is 0. The first-order valence-electron chi connectivity index (χ1n) is 10.3. The van der Waals surface area contributed by atoms with E-state index in [1.165, 1.54) is 24.4 Å². The summed E-state index contributed by atoms with van der Waals surface area (Å²) in [6.07, 6.45) is 1.27. The normalized spacial score (nSPS) is 10.7. The highest BCUT2D eigenvalue weighted by atomic mass is 16.3. The lowest BCUT2D eigenvalue weighted by Gasteiger charge is -2.11. The summed E-state index contributed by atoms with van der Waals surface area (Å²) >= 11 is 0. The van der Waals surface area contributed by atoms with E-state index in [0.717, 1.165) is 10.8 Å². The van der Waals surface area contributed by atoms with Gasteiger partial charge in [-0.15, -0.1) is 0 Å². The SMILES string of the molecule is O=C(N/N=C\c1c(O)ccc2ccccc12)C(=O)Nc1ccccc1C(=O)Nc1ccccc1. The van der Waals surface area contributed by atoms with Crippen molar-refractivity contribution in [2.75, 3.05) is 10.6 Å². The van der Waals surface area contributed by atoms with E-state index in [2.05, 4.69) is 21.2 Å². The number of carbonyl (C=O) groups is 3. The van der Waals surface area contributed by atoms with Crippen LogP contribution < -0.4 is 16.1 Å². The minimum absolute atomic E-state index is 0.0143. The van der Waals surface area contributed by atoms with Gasteiger partial charge in [-0.05, 0) is 41.1 Å². The zero-order valence-corrected chi connectivity index (χ0v) is 17.9. The number of fused-ring (bicyclic) bond motifs is 1. The summed E-state index contributed by atoms with van der Waals surface area (Å²) in [4.78, 5) is 37.3.